The number of fused-ring (bicyclic) bond motifs is 4. The van der Waals surface area contributed by atoms with Crippen LogP contribution in [0.1, 0.15) is 47.6 Å². The first-order valence-electron chi connectivity index (χ1n) is 17.1. The minimum absolute atomic E-state index is 0.0696. The Bertz CT molecular complexity index is 2700. The van der Waals surface area contributed by atoms with E-state index in [0.29, 0.717) is 0 Å². The van der Waals surface area contributed by atoms with Gasteiger partial charge in [-0.25, -0.2) is 0 Å². The van der Waals surface area contributed by atoms with E-state index in [4.69, 9.17) is 9.47 Å². The molecule has 8 aromatic rings. The normalized spacial score (nSPS) is 14.7. The Labute approximate surface area is 284 Å². The molecule has 3 heterocycles. The zero-order valence-electron chi connectivity index (χ0n) is 27.2. The summed E-state index contributed by atoms with van der Waals surface area (Å²) in [6.45, 7) is 4.77. The number of benzene rings is 7. The van der Waals surface area contributed by atoms with E-state index in [0.717, 1.165) is 39.7 Å². The number of para-hydroxylation sites is 2. The highest BCUT2D eigenvalue weighted by Crippen LogP contribution is 2.57. The Morgan fingerprint density at radius 2 is 1.14 bits per heavy atom. The number of ether oxygens (including phenoxy) is 2. The van der Waals surface area contributed by atoms with Crippen molar-refractivity contribution < 1.29 is 9.47 Å². The Morgan fingerprint density at radius 1 is 0.510 bits per heavy atom. The van der Waals surface area contributed by atoms with Crippen LogP contribution in [0, 0.1) is 0 Å². The Hall–Kier alpha value is -6.06. The Kier molecular flexibility index (Phi) is 5.23. The highest BCUT2D eigenvalue weighted by atomic mass is 16.5. The maximum Gasteiger partial charge on any atom is 0.155 e. The Morgan fingerprint density at radius 3 is 2.00 bits per heavy atom. The van der Waals surface area contributed by atoms with Gasteiger partial charge in [0.1, 0.15) is 5.69 Å². The van der Waals surface area contributed by atoms with Gasteiger partial charge in [-0.3, -0.25) is 4.57 Å². The quantitative estimate of drug-likeness (QED) is 0.181. The zero-order valence-corrected chi connectivity index (χ0v) is 27.2. The molecule has 0 amide bonds. The molecule has 0 fully saturated rings. The molecule has 0 saturated carbocycles. The molecule has 0 saturated heterocycles. The summed E-state index contributed by atoms with van der Waals surface area (Å²) in [7, 11) is 0. The average Bonchev–Trinajstić information content (AvgIpc) is 3.60. The van der Waals surface area contributed by atoms with Gasteiger partial charge in [-0.1, -0.05) is 129 Å². The first-order valence-corrected chi connectivity index (χ1v) is 17.1. The van der Waals surface area contributed by atoms with Gasteiger partial charge >= 0.3 is 0 Å². The summed E-state index contributed by atoms with van der Waals surface area (Å²) in [5.74, 6) is 3.31. The molecular formula is C46H31NO2. The zero-order chi connectivity index (χ0) is 32.4. The van der Waals surface area contributed by atoms with Gasteiger partial charge in [-0.15, -0.1) is 0 Å². The molecule has 0 N–H and O–H groups in total. The minimum atomic E-state index is -0.173. The van der Waals surface area contributed by atoms with E-state index in [1.54, 1.807) is 0 Å². The van der Waals surface area contributed by atoms with Crippen molar-refractivity contribution in [3.05, 3.63) is 173 Å². The maximum atomic E-state index is 6.85. The van der Waals surface area contributed by atoms with Crippen LogP contribution in [-0.4, -0.2) is 4.57 Å². The summed E-state index contributed by atoms with van der Waals surface area (Å²) in [6, 6.07) is 52.8. The summed E-state index contributed by atoms with van der Waals surface area (Å²) in [5, 5.41) is 2.34. The van der Waals surface area contributed by atoms with Crippen molar-refractivity contribution in [1.29, 1.82) is 0 Å². The lowest BCUT2D eigenvalue weighted by Gasteiger charge is -2.31. The second kappa shape index (κ2) is 9.52. The molecule has 49 heavy (non-hydrogen) atoms. The van der Waals surface area contributed by atoms with Crippen molar-refractivity contribution in [3.8, 4) is 50.9 Å². The predicted molar refractivity (Wildman–Crippen MR) is 198 cm³/mol. The third-order valence-corrected chi connectivity index (χ3v) is 11.1. The van der Waals surface area contributed by atoms with E-state index in [-0.39, 0.29) is 11.3 Å². The minimum Gasteiger partial charge on any atom is -0.453 e. The maximum absolute atomic E-state index is 6.85. The molecule has 3 aliphatic rings. The van der Waals surface area contributed by atoms with E-state index in [1.165, 1.54) is 60.8 Å². The van der Waals surface area contributed by atoms with Gasteiger partial charge in [0, 0.05) is 22.1 Å². The summed E-state index contributed by atoms with van der Waals surface area (Å²) in [4.78, 5) is 0. The lowest BCUT2D eigenvalue weighted by Crippen LogP contribution is -2.20. The largest absolute Gasteiger partial charge is 0.453 e. The second-order valence-corrected chi connectivity index (χ2v) is 14.0. The van der Waals surface area contributed by atoms with E-state index in [2.05, 4.69) is 152 Å². The second-order valence-electron chi connectivity index (χ2n) is 14.0. The molecule has 232 valence electrons. The molecule has 1 aliphatic carbocycles. The van der Waals surface area contributed by atoms with Crippen LogP contribution in [0.25, 0.3) is 49.7 Å². The molecule has 1 atom stereocenters. The molecule has 7 aromatic carbocycles. The lowest BCUT2D eigenvalue weighted by molar-refractivity contribution is 0.443. The number of hydrogen-bond acceptors (Lipinski definition) is 2. The highest BCUT2D eigenvalue weighted by Gasteiger charge is 2.40. The highest BCUT2D eigenvalue weighted by molar-refractivity contribution is 6.15. The fourth-order valence-electron chi connectivity index (χ4n) is 9.11. The van der Waals surface area contributed by atoms with Gasteiger partial charge < -0.3 is 9.47 Å². The predicted octanol–water partition coefficient (Wildman–Crippen LogP) is 12.1. The van der Waals surface area contributed by atoms with E-state index in [1.807, 2.05) is 12.1 Å². The first-order chi connectivity index (χ1) is 24.1. The van der Waals surface area contributed by atoms with Crippen molar-refractivity contribution in [2.75, 3.05) is 0 Å². The van der Waals surface area contributed by atoms with Crippen molar-refractivity contribution in [3.63, 3.8) is 0 Å². The fraction of sp³-hybridized carbons (Fsp3) is 0.0870. The Balaban J connectivity index is 1.25. The SMILES string of the molecule is CC1(C)c2ccccc2-c2cccc(C(c3cc4c5c(c3)c3cccc6c3n5-c3c(cccc3O4)O6)c3ccccc3-c3ccccc3)c21. The average molecular weight is 630 g/mol. The molecule has 3 heteroatoms. The van der Waals surface area contributed by atoms with Gasteiger partial charge in [0.2, 0.25) is 0 Å². The van der Waals surface area contributed by atoms with Crippen LogP contribution in [0.5, 0.6) is 23.0 Å². The third-order valence-electron chi connectivity index (χ3n) is 11.1. The fourth-order valence-corrected chi connectivity index (χ4v) is 9.11. The van der Waals surface area contributed by atoms with Gasteiger partial charge in [-0.05, 0) is 80.4 Å². The number of nitrogens with zero attached hydrogens (tertiary/aromatic N) is 1. The molecule has 11 rings (SSSR count). The third kappa shape index (κ3) is 3.52. The van der Waals surface area contributed by atoms with Crippen LogP contribution in [0.4, 0.5) is 0 Å². The van der Waals surface area contributed by atoms with Crippen LogP contribution in [0.3, 0.4) is 0 Å². The topological polar surface area (TPSA) is 23.4 Å². The van der Waals surface area contributed by atoms with E-state index < -0.39 is 0 Å². The molecule has 0 bridgehead atoms. The van der Waals surface area contributed by atoms with Crippen molar-refractivity contribution in [1.82, 2.24) is 4.57 Å². The van der Waals surface area contributed by atoms with E-state index in [9.17, 15) is 0 Å². The standard InChI is InChI=1S/C46H31NO2/c1-46(2)36-21-9-8-16-30(36)32-18-10-20-34(42(32)46)41(31-17-7-6-15-29(31)27-13-4-3-5-14-27)28-25-35-33-19-11-22-37-43(33)47-44(35)40(26-28)49-39-24-12-23-38(48-37)45(39)47/h3-26,41H,1-2H3. The van der Waals surface area contributed by atoms with Crippen LogP contribution in [0.15, 0.2) is 146 Å². The molecule has 0 spiro atoms. The van der Waals surface area contributed by atoms with Gasteiger partial charge in [0.05, 0.1) is 11.0 Å². The molecule has 1 unspecified atom stereocenters. The van der Waals surface area contributed by atoms with Crippen molar-refractivity contribution in [2.24, 2.45) is 0 Å². The number of hydrogen-bond donors (Lipinski definition) is 0. The van der Waals surface area contributed by atoms with E-state index >= 15 is 0 Å². The van der Waals surface area contributed by atoms with Gasteiger partial charge in [-0.2, -0.15) is 0 Å². The summed E-state index contributed by atoms with van der Waals surface area (Å²) in [5.41, 5.74) is 14.7. The van der Waals surface area contributed by atoms with Crippen LogP contribution >= 0.6 is 0 Å². The molecule has 0 radical (unpaired) electrons. The number of rotatable bonds is 4. The summed E-state index contributed by atoms with van der Waals surface area (Å²) in [6.07, 6.45) is 0. The molecule has 3 nitrogen and oxygen atoms in total. The lowest BCUT2D eigenvalue weighted by atomic mass is 9.73. The monoisotopic (exact) mass is 629 g/mol. The van der Waals surface area contributed by atoms with Crippen LogP contribution < -0.4 is 9.47 Å². The van der Waals surface area contributed by atoms with Crippen LogP contribution in [0.2, 0.25) is 0 Å². The smallest absolute Gasteiger partial charge is 0.155 e. The van der Waals surface area contributed by atoms with Crippen LogP contribution in [-0.2, 0) is 5.41 Å². The van der Waals surface area contributed by atoms with Gasteiger partial charge in [0.25, 0.3) is 0 Å². The van der Waals surface area contributed by atoms with Crippen molar-refractivity contribution in [2.45, 2.75) is 25.2 Å². The molecular weight excluding hydrogens is 599 g/mol. The number of aromatic nitrogens is 1. The molecule has 2 aliphatic heterocycles. The summed E-state index contributed by atoms with van der Waals surface area (Å²) < 4.78 is 15.7. The summed E-state index contributed by atoms with van der Waals surface area (Å²) >= 11 is 0. The first kappa shape index (κ1) is 26.9. The van der Waals surface area contributed by atoms with Gasteiger partial charge in [0.15, 0.2) is 23.0 Å². The van der Waals surface area contributed by atoms with Crippen molar-refractivity contribution >= 4 is 21.8 Å². The molecule has 1 aromatic heterocycles.